The number of nitrogens with one attached hydrogen (secondary N) is 2. The summed E-state index contributed by atoms with van der Waals surface area (Å²) in [4.78, 5) is 26.7. The van der Waals surface area contributed by atoms with E-state index in [1.807, 2.05) is 38.5 Å². The van der Waals surface area contributed by atoms with Gasteiger partial charge in [0.25, 0.3) is 0 Å². The molecule has 0 fully saturated rings. The molecule has 0 saturated heterocycles. The highest BCUT2D eigenvalue weighted by Crippen LogP contribution is 2.50. The summed E-state index contributed by atoms with van der Waals surface area (Å²) in [6, 6.07) is 5.61. The van der Waals surface area contributed by atoms with Gasteiger partial charge in [-0.05, 0) is 56.7 Å². The third-order valence-electron chi connectivity index (χ3n) is 6.30. The maximum absolute atomic E-state index is 13.6. The van der Waals surface area contributed by atoms with E-state index in [2.05, 4.69) is 15.5 Å². The molecule has 4 rings (SSSR count). The van der Waals surface area contributed by atoms with Crippen LogP contribution in [0.2, 0.25) is 0 Å². The maximum Gasteiger partial charge on any atom is 0.482 e. The molecule has 2 N–H and O–H groups in total. The van der Waals surface area contributed by atoms with Crippen LogP contribution in [0.15, 0.2) is 72.5 Å². The van der Waals surface area contributed by atoms with Gasteiger partial charge in [0.2, 0.25) is 13.6 Å². The zero-order valence-electron chi connectivity index (χ0n) is 23.7. The third-order valence-corrected chi connectivity index (χ3v) is 7.57. The minimum absolute atomic E-state index is 0.232. The number of rotatable bonds is 15. The molecule has 0 atom stereocenters. The van der Waals surface area contributed by atoms with Crippen molar-refractivity contribution in [3.63, 3.8) is 0 Å². The summed E-state index contributed by atoms with van der Waals surface area (Å²) in [5.74, 6) is -0.623. The van der Waals surface area contributed by atoms with Crippen LogP contribution in [0, 0.1) is 0 Å². The number of hydrogen-bond acceptors (Lipinski definition) is 12. The van der Waals surface area contributed by atoms with Crippen LogP contribution in [0.5, 0.6) is 5.75 Å². The van der Waals surface area contributed by atoms with Gasteiger partial charge in [0, 0.05) is 43.4 Å². The Morgan fingerprint density at radius 1 is 0.952 bits per heavy atom. The first-order valence-corrected chi connectivity index (χ1v) is 14.6. The number of phosphoric acid groups is 1. The lowest BCUT2D eigenvalue weighted by molar-refractivity contribution is -0.149. The summed E-state index contributed by atoms with van der Waals surface area (Å²) in [6.07, 6.45) is 13.3. The van der Waals surface area contributed by atoms with E-state index in [4.69, 9.17) is 27.8 Å². The zero-order chi connectivity index (χ0) is 30.0. The minimum Gasteiger partial charge on any atom is -0.497 e. The summed E-state index contributed by atoms with van der Waals surface area (Å²) in [7, 11) is 1.18. The lowest BCUT2D eigenvalue weighted by Gasteiger charge is -2.19. The van der Waals surface area contributed by atoms with Crippen LogP contribution in [0.1, 0.15) is 18.4 Å². The van der Waals surface area contributed by atoms with Gasteiger partial charge in [-0.25, -0.2) is 23.2 Å². The fourth-order valence-electron chi connectivity index (χ4n) is 4.05. The van der Waals surface area contributed by atoms with E-state index in [1.165, 1.54) is 12.4 Å². The quantitative estimate of drug-likeness (QED) is 0.175. The van der Waals surface area contributed by atoms with Gasteiger partial charge in [-0.15, -0.1) is 0 Å². The molecular formula is C28H35N4O9P. The van der Waals surface area contributed by atoms with Gasteiger partial charge >= 0.3 is 19.8 Å². The first kappa shape index (κ1) is 31.1. The SMILES string of the molecule is COc1ccc2c(c1)c(CCN(C)C)cn2COP(=O)(OCOC(=O)C1=CNC=CC1)OCOC(=O)C1=CNC=CC1. The Bertz CT molecular complexity index is 1390. The topological polar surface area (TPSA) is 139 Å². The molecule has 0 spiro atoms. The van der Waals surface area contributed by atoms with Crippen molar-refractivity contribution in [2.45, 2.75) is 26.0 Å². The largest absolute Gasteiger partial charge is 0.497 e. The predicted octanol–water partition coefficient (Wildman–Crippen LogP) is 3.65. The minimum atomic E-state index is -4.40. The van der Waals surface area contributed by atoms with E-state index >= 15 is 0 Å². The molecule has 2 aliphatic heterocycles. The Balaban J connectivity index is 1.45. The van der Waals surface area contributed by atoms with Crippen LogP contribution in [-0.2, 0) is 50.4 Å². The number of dihydropyridines is 2. The molecule has 2 aromatic rings. The van der Waals surface area contributed by atoms with Gasteiger partial charge in [-0.2, -0.15) is 0 Å². The van der Waals surface area contributed by atoms with Gasteiger partial charge in [-0.3, -0.25) is 4.52 Å². The molecule has 14 heteroatoms. The summed E-state index contributed by atoms with van der Waals surface area (Å²) in [5, 5.41) is 6.55. The molecule has 1 aromatic heterocycles. The number of esters is 2. The summed E-state index contributed by atoms with van der Waals surface area (Å²) < 4.78 is 47.2. The van der Waals surface area contributed by atoms with Crippen LogP contribution in [0.25, 0.3) is 10.9 Å². The number of hydrogen-bond donors (Lipinski definition) is 2. The Morgan fingerprint density at radius 2 is 1.57 bits per heavy atom. The van der Waals surface area contributed by atoms with Crippen molar-refractivity contribution in [3.8, 4) is 5.75 Å². The first-order valence-electron chi connectivity index (χ1n) is 13.2. The summed E-state index contributed by atoms with van der Waals surface area (Å²) in [6.45, 7) is -0.864. The zero-order valence-corrected chi connectivity index (χ0v) is 24.6. The first-order chi connectivity index (χ1) is 20.3. The van der Waals surface area contributed by atoms with Crippen LogP contribution in [-0.4, -0.2) is 62.7 Å². The van der Waals surface area contributed by atoms with E-state index in [9.17, 15) is 14.2 Å². The number of carbonyl (C=O) groups excluding carboxylic acids is 2. The number of carbonyl (C=O) groups is 2. The van der Waals surface area contributed by atoms with Crippen LogP contribution < -0.4 is 15.4 Å². The molecule has 3 heterocycles. The van der Waals surface area contributed by atoms with Gasteiger partial charge in [-0.1, -0.05) is 12.2 Å². The molecule has 1 aromatic carbocycles. The van der Waals surface area contributed by atoms with Gasteiger partial charge < -0.3 is 34.3 Å². The Kier molecular flexibility index (Phi) is 11.0. The van der Waals surface area contributed by atoms with Crippen LogP contribution >= 0.6 is 7.82 Å². The highest BCUT2D eigenvalue weighted by Gasteiger charge is 2.30. The maximum atomic E-state index is 13.6. The number of phosphoric ester groups is 1. The standard InChI is InChI=1S/C28H35N4O9P/c1-31(2)13-10-23-17-32(26-9-8-24(36-3)14-25(23)26)18-39-42(35,40-19-37-27(33)21-6-4-11-29-15-21)41-20-38-28(34)22-7-5-12-30-16-22/h4-5,8-9,11-12,14-17,29-30H,6-7,10,13,18-20H2,1-3H3. The Hall–Kier alpha value is -3.87. The Labute approximate surface area is 243 Å². The molecule has 0 aliphatic carbocycles. The van der Waals surface area contributed by atoms with Crippen molar-refractivity contribution in [2.24, 2.45) is 0 Å². The predicted molar refractivity (Wildman–Crippen MR) is 153 cm³/mol. The third kappa shape index (κ3) is 8.57. The molecule has 0 radical (unpaired) electrons. The molecule has 42 heavy (non-hydrogen) atoms. The highest BCUT2D eigenvalue weighted by molar-refractivity contribution is 7.48. The number of ether oxygens (including phenoxy) is 3. The second-order valence-corrected chi connectivity index (χ2v) is 11.2. The number of likely N-dealkylation sites (N-methyl/N-ethyl adjacent to an activating group) is 1. The fourth-order valence-corrected chi connectivity index (χ4v) is 4.91. The number of methoxy groups -OCH3 is 1. The van der Waals surface area contributed by atoms with Crippen molar-refractivity contribution in [1.82, 2.24) is 20.1 Å². The van der Waals surface area contributed by atoms with Gasteiger partial charge in [0.1, 0.15) is 12.5 Å². The van der Waals surface area contributed by atoms with Crippen molar-refractivity contribution < 1.29 is 41.9 Å². The average Bonchev–Trinajstić information content (AvgIpc) is 3.36. The second-order valence-electron chi connectivity index (χ2n) is 9.51. The van der Waals surface area contributed by atoms with E-state index in [0.717, 1.165) is 29.4 Å². The van der Waals surface area contributed by atoms with Crippen molar-refractivity contribution in [1.29, 1.82) is 0 Å². The normalized spacial score (nSPS) is 14.7. The molecule has 2 aliphatic rings. The number of benzene rings is 1. The number of allylic oxidation sites excluding steroid dienone is 2. The molecule has 0 amide bonds. The molecular weight excluding hydrogens is 567 g/mol. The van der Waals surface area contributed by atoms with E-state index < -0.39 is 33.3 Å². The second kappa shape index (κ2) is 14.9. The van der Waals surface area contributed by atoms with Crippen molar-refractivity contribution in [3.05, 3.63) is 78.1 Å². The smallest absolute Gasteiger partial charge is 0.482 e. The van der Waals surface area contributed by atoms with Gasteiger partial charge in [0.05, 0.1) is 23.8 Å². The molecule has 0 unspecified atom stereocenters. The highest BCUT2D eigenvalue weighted by atomic mass is 31.2. The monoisotopic (exact) mass is 602 g/mol. The van der Waals surface area contributed by atoms with E-state index in [-0.39, 0.29) is 6.73 Å². The molecule has 13 nitrogen and oxygen atoms in total. The molecule has 0 bridgehead atoms. The summed E-state index contributed by atoms with van der Waals surface area (Å²) in [5.41, 5.74) is 2.56. The number of fused-ring (bicyclic) bond motifs is 1. The van der Waals surface area contributed by atoms with Crippen molar-refractivity contribution >= 4 is 30.7 Å². The van der Waals surface area contributed by atoms with E-state index in [0.29, 0.717) is 29.7 Å². The lowest BCUT2D eigenvalue weighted by Crippen LogP contribution is -2.17. The average molecular weight is 603 g/mol. The Morgan fingerprint density at radius 3 is 2.10 bits per heavy atom. The van der Waals surface area contributed by atoms with E-state index in [1.54, 1.807) is 36.2 Å². The van der Waals surface area contributed by atoms with Gasteiger partial charge in [0.15, 0.2) is 0 Å². The number of aromatic nitrogens is 1. The number of nitrogens with zero attached hydrogens (tertiary/aromatic N) is 2. The van der Waals surface area contributed by atoms with Crippen LogP contribution in [0.3, 0.4) is 0 Å². The van der Waals surface area contributed by atoms with Crippen molar-refractivity contribution in [2.75, 3.05) is 41.3 Å². The molecule has 226 valence electrons. The van der Waals surface area contributed by atoms with Crippen LogP contribution in [0.4, 0.5) is 0 Å². The molecule has 0 saturated carbocycles. The lowest BCUT2D eigenvalue weighted by atomic mass is 10.1. The fraction of sp³-hybridized carbons (Fsp3) is 0.357. The summed E-state index contributed by atoms with van der Waals surface area (Å²) >= 11 is 0.